The topological polar surface area (TPSA) is 70.1 Å². The van der Waals surface area contributed by atoms with Gasteiger partial charge < -0.3 is 14.7 Å². The third-order valence-electron chi connectivity index (χ3n) is 6.99. The van der Waals surface area contributed by atoms with Gasteiger partial charge >= 0.3 is 12.1 Å². The van der Waals surface area contributed by atoms with Gasteiger partial charge in [-0.25, -0.2) is 4.79 Å². The summed E-state index contributed by atoms with van der Waals surface area (Å²) in [4.78, 5) is 26.4. The third-order valence-corrected chi connectivity index (χ3v) is 7.53. The number of alkyl halides is 3. The van der Waals surface area contributed by atoms with Crippen LogP contribution in [0.1, 0.15) is 49.0 Å². The Balaban J connectivity index is 0.000000532. The van der Waals surface area contributed by atoms with Crippen molar-refractivity contribution in [2.24, 2.45) is 11.3 Å². The molecule has 0 bridgehead atoms. The minimum atomic E-state index is -5.08. The predicted molar refractivity (Wildman–Crippen MR) is 144 cm³/mol. The van der Waals surface area contributed by atoms with Gasteiger partial charge in [0.15, 0.2) is 0 Å². The summed E-state index contributed by atoms with van der Waals surface area (Å²) in [5, 5.41) is 8.10. The first-order valence-corrected chi connectivity index (χ1v) is 13.5. The fourth-order valence-electron chi connectivity index (χ4n) is 4.81. The number of benzene rings is 2. The van der Waals surface area contributed by atoms with Crippen LogP contribution in [0, 0.1) is 11.3 Å². The Bertz CT molecular complexity index is 1150. The fourth-order valence-corrected chi connectivity index (χ4v) is 5.30. The average Bonchev–Trinajstić information content (AvgIpc) is 3.28. The molecule has 0 radical (unpaired) electrons. The molecule has 214 valence electrons. The zero-order valence-electron chi connectivity index (χ0n) is 21.9. The first kappa shape index (κ1) is 31.0. The van der Waals surface area contributed by atoms with Crippen LogP contribution in [-0.4, -0.2) is 65.7 Å². The van der Waals surface area contributed by atoms with Crippen LogP contribution in [0.3, 0.4) is 0 Å². The molecule has 2 aromatic carbocycles. The molecule has 1 N–H and O–H groups in total. The molecule has 6 nitrogen and oxygen atoms in total. The second-order valence-corrected chi connectivity index (χ2v) is 11.3. The molecule has 2 saturated heterocycles. The van der Waals surface area contributed by atoms with Gasteiger partial charge in [-0.2, -0.15) is 13.2 Å². The van der Waals surface area contributed by atoms with Crippen molar-refractivity contribution in [3.63, 3.8) is 0 Å². The maximum atomic E-state index is 13.0. The van der Waals surface area contributed by atoms with E-state index in [1.165, 1.54) is 5.56 Å². The molecule has 0 aliphatic carbocycles. The molecule has 0 saturated carbocycles. The zero-order chi connectivity index (χ0) is 28.8. The van der Waals surface area contributed by atoms with Crippen LogP contribution in [0.4, 0.5) is 13.2 Å². The maximum Gasteiger partial charge on any atom is 0.490 e. The van der Waals surface area contributed by atoms with Gasteiger partial charge in [-0.3, -0.25) is 9.69 Å². The molecule has 4 rings (SSSR count). The summed E-state index contributed by atoms with van der Waals surface area (Å²) in [6.07, 6.45) is -1.80. The highest BCUT2D eigenvalue weighted by Crippen LogP contribution is 2.41. The molecule has 39 heavy (non-hydrogen) atoms. The predicted octanol–water partition coefficient (Wildman–Crippen LogP) is 6.79. The van der Waals surface area contributed by atoms with Crippen molar-refractivity contribution in [2.75, 3.05) is 32.8 Å². The van der Waals surface area contributed by atoms with Gasteiger partial charge in [0, 0.05) is 30.2 Å². The molecule has 2 aliphatic heterocycles. The van der Waals surface area contributed by atoms with Gasteiger partial charge in [-0.1, -0.05) is 55.2 Å². The monoisotopic (exact) mass is 588 g/mol. The van der Waals surface area contributed by atoms with Crippen LogP contribution in [0.5, 0.6) is 5.75 Å². The standard InChI is InChI=1S/C26H32Cl2N2O2.C2HF3O2/c1-19(2)17-32-24-6-4-3-5-20(24)16-29-12-9-26(10-13-29)11-14-30(18-26)25(31)22-8-7-21(27)15-23(22)28;3-2(4,5)1(6)7/h3-8,15,19H,9-14,16-18H2,1-2H3;(H,6,7). The molecular formula is C28H33Cl2F3N2O4. The Hall–Kier alpha value is -2.49. The summed E-state index contributed by atoms with van der Waals surface area (Å²) in [6.45, 7) is 9.68. The number of aliphatic carboxylic acids is 1. The lowest BCUT2D eigenvalue weighted by atomic mass is 9.77. The number of nitrogens with zero attached hydrogens (tertiary/aromatic N) is 2. The van der Waals surface area contributed by atoms with Gasteiger partial charge in [0.05, 0.1) is 17.2 Å². The van der Waals surface area contributed by atoms with Crippen molar-refractivity contribution in [2.45, 2.75) is 45.8 Å². The number of hydrogen-bond donors (Lipinski definition) is 1. The highest BCUT2D eigenvalue weighted by atomic mass is 35.5. The number of carbonyl (C=O) groups is 2. The smallest absolute Gasteiger partial charge is 0.490 e. The second-order valence-electron chi connectivity index (χ2n) is 10.5. The molecule has 0 atom stereocenters. The van der Waals surface area contributed by atoms with Crippen molar-refractivity contribution in [3.8, 4) is 5.75 Å². The normalized spacial score (nSPS) is 17.2. The molecule has 1 amide bonds. The molecule has 2 fully saturated rings. The number of piperidine rings is 1. The lowest BCUT2D eigenvalue weighted by Crippen LogP contribution is -2.42. The number of carbonyl (C=O) groups excluding carboxylic acids is 1. The SMILES string of the molecule is CC(C)COc1ccccc1CN1CCC2(CC1)CCN(C(=O)c1ccc(Cl)cc1Cl)C2.O=C(O)C(F)(F)F. The molecule has 0 aromatic heterocycles. The Morgan fingerprint density at radius 2 is 1.67 bits per heavy atom. The van der Waals surface area contributed by atoms with Gasteiger partial charge in [-0.05, 0) is 68.0 Å². The summed E-state index contributed by atoms with van der Waals surface area (Å²) < 4.78 is 37.8. The summed E-state index contributed by atoms with van der Waals surface area (Å²) in [5.74, 6) is -1.23. The van der Waals surface area contributed by atoms with Crippen LogP contribution >= 0.6 is 23.2 Å². The second kappa shape index (κ2) is 13.2. The minimum Gasteiger partial charge on any atom is -0.493 e. The zero-order valence-corrected chi connectivity index (χ0v) is 23.5. The number of halogens is 5. The maximum absolute atomic E-state index is 13.0. The Morgan fingerprint density at radius 1 is 1.05 bits per heavy atom. The summed E-state index contributed by atoms with van der Waals surface area (Å²) in [6, 6.07) is 13.5. The molecule has 11 heteroatoms. The van der Waals surface area contributed by atoms with Gasteiger partial charge in [-0.15, -0.1) is 0 Å². The first-order valence-electron chi connectivity index (χ1n) is 12.8. The Labute approximate surface area is 236 Å². The Morgan fingerprint density at radius 3 is 2.26 bits per heavy atom. The quantitative estimate of drug-likeness (QED) is 0.402. The Kier molecular flexibility index (Phi) is 10.5. The highest BCUT2D eigenvalue weighted by molar-refractivity contribution is 6.36. The van der Waals surface area contributed by atoms with Crippen molar-refractivity contribution in [1.29, 1.82) is 0 Å². The van der Waals surface area contributed by atoms with E-state index in [1.54, 1.807) is 18.2 Å². The number of likely N-dealkylation sites (tertiary alicyclic amines) is 2. The molecular weight excluding hydrogens is 556 g/mol. The number of hydrogen-bond acceptors (Lipinski definition) is 4. The van der Waals surface area contributed by atoms with E-state index in [0.29, 0.717) is 21.5 Å². The van der Waals surface area contributed by atoms with Gasteiger partial charge in [0.1, 0.15) is 5.75 Å². The van der Waals surface area contributed by atoms with Crippen molar-refractivity contribution < 1.29 is 32.6 Å². The molecule has 2 aliphatic rings. The number of carboxylic acids is 1. The van der Waals surface area contributed by atoms with Crippen molar-refractivity contribution >= 4 is 35.1 Å². The number of carboxylic acid groups (broad SMARTS) is 1. The van der Waals surface area contributed by atoms with Gasteiger partial charge in [0.25, 0.3) is 5.91 Å². The van der Waals surface area contributed by atoms with E-state index in [9.17, 15) is 18.0 Å². The molecule has 2 aromatic rings. The van der Waals surface area contributed by atoms with Crippen LogP contribution in [0.2, 0.25) is 10.0 Å². The van der Waals surface area contributed by atoms with Crippen molar-refractivity contribution in [1.82, 2.24) is 9.80 Å². The average molecular weight is 589 g/mol. The molecule has 1 spiro atoms. The van der Waals surface area contributed by atoms with Crippen LogP contribution in [0.25, 0.3) is 0 Å². The third kappa shape index (κ3) is 8.75. The first-order chi connectivity index (χ1) is 18.3. The van der Waals surface area contributed by atoms with E-state index in [-0.39, 0.29) is 11.3 Å². The molecule has 0 unspecified atom stereocenters. The van der Waals surface area contributed by atoms with Crippen LogP contribution < -0.4 is 4.74 Å². The molecule has 2 heterocycles. The minimum absolute atomic E-state index is 0.0159. The number of ether oxygens (including phenoxy) is 1. The highest BCUT2D eigenvalue weighted by Gasteiger charge is 2.42. The fraction of sp³-hybridized carbons (Fsp3) is 0.500. The van der Waals surface area contributed by atoms with E-state index in [0.717, 1.165) is 64.3 Å². The number of para-hydroxylation sites is 1. The number of amides is 1. The van der Waals surface area contributed by atoms with E-state index < -0.39 is 12.1 Å². The largest absolute Gasteiger partial charge is 0.493 e. The van der Waals surface area contributed by atoms with Gasteiger partial charge in [0.2, 0.25) is 0 Å². The van der Waals surface area contributed by atoms with E-state index in [2.05, 4.69) is 36.9 Å². The summed E-state index contributed by atoms with van der Waals surface area (Å²) in [7, 11) is 0. The lowest BCUT2D eigenvalue weighted by molar-refractivity contribution is -0.192. The van der Waals surface area contributed by atoms with Crippen LogP contribution in [0.15, 0.2) is 42.5 Å². The summed E-state index contributed by atoms with van der Waals surface area (Å²) in [5.41, 5.74) is 2.02. The van der Waals surface area contributed by atoms with E-state index in [4.69, 9.17) is 37.8 Å². The van der Waals surface area contributed by atoms with Crippen LogP contribution in [-0.2, 0) is 11.3 Å². The number of rotatable bonds is 6. The lowest BCUT2D eigenvalue weighted by Gasteiger charge is -2.39. The van der Waals surface area contributed by atoms with Crippen molar-refractivity contribution in [3.05, 3.63) is 63.6 Å². The van der Waals surface area contributed by atoms with E-state index in [1.807, 2.05) is 11.0 Å². The van der Waals surface area contributed by atoms with E-state index >= 15 is 0 Å². The summed E-state index contributed by atoms with van der Waals surface area (Å²) >= 11 is 12.3.